The van der Waals surface area contributed by atoms with Gasteiger partial charge in [0.15, 0.2) is 0 Å². The smallest absolute Gasteiger partial charge is 0.224 e. The molecule has 19 heavy (non-hydrogen) atoms. The van der Waals surface area contributed by atoms with E-state index >= 15 is 0 Å². The van der Waals surface area contributed by atoms with Crippen LogP contribution < -0.4 is 5.32 Å². The second-order valence-electron chi connectivity index (χ2n) is 5.59. The fourth-order valence-corrected chi connectivity index (χ4v) is 3.95. The van der Waals surface area contributed by atoms with Gasteiger partial charge < -0.3 is 10.4 Å². The Morgan fingerprint density at radius 3 is 2.95 bits per heavy atom. The van der Waals surface area contributed by atoms with E-state index in [1.807, 2.05) is 12.2 Å². The van der Waals surface area contributed by atoms with E-state index in [2.05, 4.69) is 23.7 Å². The van der Waals surface area contributed by atoms with Crippen molar-refractivity contribution in [1.82, 2.24) is 5.32 Å². The van der Waals surface area contributed by atoms with E-state index in [-0.39, 0.29) is 30.4 Å². The number of rotatable bonds is 4. The van der Waals surface area contributed by atoms with Gasteiger partial charge in [-0.2, -0.15) is 0 Å². The lowest BCUT2D eigenvalue weighted by molar-refractivity contribution is -0.122. The fraction of sp³-hybridized carbons (Fsp3) is 0.533. The second kappa shape index (κ2) is 5.10. The lowest BCUT2D eigenvalue weighted by Crippen LogP contribution is -2.34. The van der Waals surface area contributed by atoms with Crippen molar-refractivity contribution in [2.75, 3.05) is 6.61 Å². The maximum absolute atomic E-state index is 12.2. The average Bonchev–Trinajstić information content (AvgIpc) is 2.86. The van der Waals surface area contributed by atoms with E-state index in [4.69, 9.17) is 5.11 Å². The highest BCUT2D eigenvalue weighted by molar-refractivity contribution is 7.10. The molecule has 2 aliphatic carbocycles. The number of hydrogen-bond acceptors (Lipinski definition) is 3. The van der Waals surface area contributed by atoms with Crippen molar-refractivity contribution in [2.24, 2.45) is 11.8 Å². The van der Waals surface area contributed by atoms with Crippen molar-refractivity contribution in [3.8, 4) is 0 Å². The molecule has 1 saturated carbocycles. The quantitative estimate of drug-likeness (QED) is 0.829. The number of aliphatic hydroxyl groups is 1. The summed E-state index contributed by atoms with van der Waals surface area (Å²) in [4.78, 5) is 13.5. The Bertz CT molecular complexity index is 508. The van der Waals surface area contributed by atoms with Gasteiger partial charge in [0.2, 0.25) is 5.91 Å². The molecule has 0 saturated heterocycles. The van der Waals surface area contributed by atoms with Crippen molar-refractivity contribution in [3.63, 3.8) is 0 Å². The van der Waals surface area contributed by atoms with Gasteiger partial charge in [-0.15, -0.1) is 11.3 Å². The molecule has 3 rings (SSSR count). The number of thiophene rings is 1. The summed E-state index contributed by atoms with van der Waals surface area (Å²) < 4.78 is 0. The molecular formula is C15H19NO2S. The van der Waals surface area contributed by atoms with Crippen LogP contribution in [0, 0.1) is 18.8 Å². The van der Waals surface area contributed by atoms with Crippen LogP contribution in [0.25, 0.3) is 0 Å². The molecule has 2 unspecified atom stereocenters. The van der Waals surface area contributed by atoms with Crippen LogP contribution in [0.3, 0.4) is 0 Å². The van der Waals surface area contributed by atoms with E-state index in [0.29, 0.717) is 5.92 Å². The lowest BCUT2D eigenvalue weighted by Gasteiger charge is -2.12. The first kappa shape index (κ1) is 12.9. The van der Waals surface area contributed by atoms with Gasteiger partial charge in [0.1, 0.15) is 0 Å². The lowest BCUT2D eigenvalue weighted by atomic mass is 10.1. The van der Waals surface area contributed by atoms with Crippen molar-refractivity contribution in [2.45, 2.75) is 31.7 Å². The molecule has 0 spiro atoms. The number of aryl methyl sites for hydroxylation is 1. The zero-order valence-corrected chi connectivity index (χ0v) is 11.8. The Morgan fingerprint density at radius 2 is 2.32 bits per heavy atom. The molecule has 1 fully saturated rings. The predicted molar refractivity (Wildman–Crippen MR) is 76.2 cm³/mol. The first-order valence-electron chi connectivity index (χ1n) is 6.82. The number of aliphatic hydroxyl groups excluding tert-OH is 1. The van der Waals surface area contributed by atoms with Crippen LogP contribution in [0.5, 0.6) is 0 Å². The first-order chi connectivity index (χ1) is 9.19. The van der Waals surface area contributed by atoms with Crippen molar-refractivity contribution in [3.05, 3.63) is 34.0 Å². The third-order valence-corrected chi connectivity index (χ3v) is 5.25. The van der Waals surface area contributed by atoms with Gasteiger partial charge in [-0.25, -0.2) is 0 Å². The molecule has 102 valence electrons. The van der Waals surface area contributed by atoms with Gasteiger partial charge in [0.25, 0.3) is 0 Å². The van der Waals surface area contributed by atoms with Crippen LogP contribution in [-0.2, 0) is 4.79 Å². The standard InChI is InChI=1S/C15H19NO2S/c1-9-4-5-19-14(9)12-7-13(12)15(18)16-11-3-2-10(6-11)8-17/h2-5,10-13,17H,6-8H2,1H3,(H,16,18)/t10-,11+,12?,13?/m0/s1. The van der Waals surface area contributed by atoms with Crippen LogP contribution in [0.1, 0.15) is 29.2 Å². The van der Waals surface area contributed by atoms with Gasteiger partial charge >= 0.3 is 0 Å². The summed E-state index contributed by atoms with van der Waals surface area (Å²) in [6.07, 6.45) is 5.82. The Morgan fingerprint density at radius 1 is 1.47 bits per heavy atom. The monoisotopic (exact) mass is 277 g/mol. The average molecular weight is 277 g/mol. The Kier molecular flexibility index (Phi) is 3.46. The maximum atomic E-state index is 12.2. The van der Waals surface area contributed by atoms with Crippen molar-refractivity contribution < 1.29 is 9.90 Å². The molecule has 0 radical (unpaired) electrons. The topological polar surface area (TPSA) is 49.3 Å². The highest BCUT2D eigenvalue weighted by Gasteiger charge is 2.45. The number of hydrogen-bond donors (Lipinski definition) is 2. The zero-order chi connectivity index (χ0) is 13.4. The van der Waals surface area contributed by atoms with Crippen LogP contribution in [-0.4, -0.2) is 23.7 Å². The highest BCUT2D eigenvalue weighted by atomic mass is 32.1. The predicted octanol–water partition coefficient (Wildman–Crippen LogP) is 2.21. The summed E-state index contributed by atoms with van der Waals surface area (Å²) in [5.74, 6) is 0.962. The summed E-state index contributed by atoms with van der Waals surface area (Å²) in [7, 11) is 0. The summed E-state index contributed by atoms with van der Waals surface area (Å²) in [6.45, 7) is 2.29. The van der Waals surface area contributed by atoms with E-state index < -0.39 is 0 Å². The largest absolute Gasteiger partial charge is 0.396 e. The number of nitrogens with one attached hydrogen (secondary N) is 1. The Balaban J connectivity index is 1.54. The van der Waals surface area contributed by atoms with Crippen LogP contribution in [0.4, 0.5) is 0 Å². The van der Waals surface area contributed by atoms with Gasteiger partial charge in [-0.05, 0) is 36.8 Å². The third kappa shape index (κ3) is 2.60. The third-order valence-electron chi connectivity index (χ3n) is 4.10. The molecule has 3 nitrogen and oxygen atoms in total. The zero-order valence-electron chi connectivity index (χ0n) is 11.0. The molecule has 1 amide bonds. The Labute approximate surface area is 117 Å². The second-order valence-corrected chi connectivity index (χ2v) is 6.54. The molecule has 4 atom stereocenters. The SMILES string of the molecule is Cc1ccsc1C1CC1C(=O)N[C@@H]1C=C[C@H](CO)C1. The summed E-state index contributed by atoms with van der Waals surface area (Å²) in [6, 6.07) is 2.23. The van der Waals surface area contributed by atoms with E-state index in [1.54, 1.807) is 11.3 Å². The van der Waals surface area contributed by atoms with Gasteiger partial charge in [-0.1, -0.05) is 12.2 Å². The molecule has 2 N–H and O–H groups in total. The molecule has 0 aliphatic heterocycles. The molecule has 4 heteroatoms. The summed E-state index contributed by atoms with van der Waals surface area (Å²) in [5.41, 5.74) is 1.31. The van der Waals surface area contributed by atoms with Crippen molar-refractivity contribution in [1.29, 1.82) is 0 Å². The van der Waals surface area contributed by atoms with Crippen LogP contribution >= 0.6 is 11.3 Å². The Hall–Kier alpha value is -1.13. The minimum absolute atomic E-state index is 0.107. The molecular weight excluding hydrogens is 258 g/mol. The fourth-order valence-electron chi connectivity index (χ4n) is 2.85. The number of carbonyl (C=O) groups is 1. The van der Waals surface area contributed by atoms with E-state index in [0.717, 1.165) is 12.8 Å². The van der Waals surface area contributed by atoms with E-state index in [1.165, 1.54) is 10.4 Å². The molecule has 0 aromatic carbocycles. The van der Waals surface area contributed by atoms with Crippen LogP contribution in [0.2, 0.25) is 0 Å². The number of carbonyl (C=O) groups excluding carboxylic acids is 1. The van der Waals surface area contributed by atoms with Crippen molar-refractivity contribution >= 4 is 17.2 Å². The molecule has 1 aromatic heterocycles. The summed E-state index contributed by atoms with van der Waals surface area (Å²) in [5, 5.41) is 14.3. The minimum atomic E-state index is 0.107. The van der Waals surface area contributed by atoms with Gasteiger partial charge in [0, 0.05) is 35.3 Å². The minimum Gasteiger partial charge on any atom is -0.396 e. The van der Waals surface area contributed by atoms with Crippen LogP contribution in [0.15, 0.2) is 23.6 Å². The maximum Gasteiger partial charge on any atom is 0.224 e. The number of amides is 1. The van der Waals surface area contributed by atoms with E-state index in [9.17, 15) is 4.79 Å². The first-order valence-corrected chi connectivity index (χ1v) is 7.70. The normalized spacial score (nSPS) is 32.5. The highest BCUT2D eigenvalue weighted by Crippen LogP contribution is 2.50. The molecule has 1 heterocycles. The summed E-state index contributed by atoms with van der Waals surface area (Å²) >= 11 is 1.76. The van der Waals surface area contributed by atoms with Gasteiger partial charge in [0.05, 0.1) is 0 Å². The van der Waals surface area contributed by atoms with Gasteiger partial charge in [-0.3, -0.25) is 4.79 Å². The molecule has 1 aromatic rings. The molecule has 2 aliphatic rings. The molecule has 0 bridgehead atoms.